The number of nitrogens with zero attached hydrogens (tertiary/aromatic N) is 1. The van der Waals surface area contributed by atoms with Gasteiger partial charge in [0.05, 0.1) is 19.8 Å². The molecule has 0 bridgehead atoms. The van der Waals surface area contributed by atoms with Crippen LogP contribution in [0.2, 0.25) is 0 Å². The minimum Gasteiger partial charge on any atom is -0.496 e. The van der Waals surface area contributed by atoms with E-state index in [4.69, 9.17) is 9.47 Å². The van der Waals surface area contributed by atoms with Gasteiger partial charge in [0, 0.05) is 18.7 Å². The first kappa shape index (κ1) is 15.0. The second-order valence-corrected chi connectivity index (χ2v) is 5.40. The first-order valence-electron chi connectivity index (χ1n) is 7.50. The molecule has 1 fully saturated rings. The van der Waals surface area contributed by atoms with Crippen LogP contribution in [0.15, 0.2) is 54.6 Å². The Morgan fingerprint density at radius 2 is 1.86 bits per heavy atom. The molecule has 0 saturated carbocycles. The molecule has 1 heterocycles. The minimum atomic E-state index is -0.853. The minimum absolute atomic E-state index is 0.231. The molecule has 0 amide bonds. The first-order valence-corrected chi connectivity index (χ1v) is 7.50. The Morgan fingerprint density at radius 1 is 1.14 bits per heavy atom. The highest BCUT2D eigenvalue weighted by atomic mass is 16.6. The summed E-state index contributed by atoms with van der Waals surface area (Å²) in [7, 11) is 1.65. The summed E-state index contributed by atoms with van der Waals surface area (Å²) < 4.78 is 10.9. The van der Waals surface area contributed by atoms with Gasteiger partial charge in [-0.2, -0.15) is 0 Å². The summed E-state index contributed by atoms with van der Waals surface area (Å²) in [5, 5.41) is 10.4. The third-order valence-electron chi connectivity index (χ3n) is 4.02. The number of hydrogen-bond acceptors (Lipinski definition) is 4. The Balaban J connectivity index is 1.90. The van der Waals surface area contributed by atoms with E-state index in [9.17, 15) is 5.11 Å². The van der Waals surface area contributed by atoms with Gasteiger partial charge in [-0.25, -0.2) is 0 Å². The van der Waals surface area contributed by atoms with Crippen molar-refractivity contribution < 1.29 is 14.6 Å². The lowest BCUT2D eigenvalue weighted by molar-refractivity contribution is -0.184. The molecule has 3 rings (SSSR count). The number of para-hydroxylation sites is 1. The molecule has 0 radical (unpaired) electrons. The van der Waals surface area contributed by atoms with Gasteiger partial charge in [-0.05, 0) is 11.6 Å². The number of aliphatic hydroxyl groups is 1. The van der Waals surface area contributed by atoms with Crippen LogP contribution in [0, 0.1) is 0 Å². The highest BCUT2D eigenvalue weighted by Crippen LogP contribution is 2.35. The first-order chi connectivity index (χ1) is 10.8. The molecule has 0 aliphatic carbocycles. The van der Waals surface area contributed by atoms with E-state index < -0.39 is 6.29 Å². The molecule has 22 heavy (non-hydrogen) atoms. The van der Waals surface area contributed by atoms with E-state index >= 15 is 0 Å². The summed E-state index contributed by atoms with van der Waals surface area (Å²) in [6.45, 7) is 2.07. The van der Waals surface area contributed by atoms with Crippen LogP contribution < -0.4 is 4.74 Å². The van der Waals surface area contributed by atoms with Crippen LogP contribution in [0.1, 0.15) is 17.2 Å². The van der Waals surface area contributed by atoms with E-state index in [-0.39, 0.29) is 6.04 Å². The largest absolute Gasteiger partial charge is 0.496 e. The van der Waals surface area contributed by atoms with Gasteiger partial charge < -0.3 is 14.6 Å². The fraction of sp³-hybridized carbons (Fsp3) is 0.333. The van der Waals surface area contributed by atoms with E-state index in [0.717, 1.165) is 24.4 Å². The van der Waals surface area contributed by atoms with Crippen LogP contribution in [0.5, 0.6) is 5.75 Å². The summed E-state index contributed by atoms with van der Waals surface area (Å²) in [5.74, 6) is 0.773. The van der Waals surface area contributed by atoms with Crippen LogP contribution in [-0.4, -0.2) is 36.6 Å². The number of morpholine rings is 1. The van der Waals surface area contributed by atoms with Crippen molar-refractivity contribution in [3.8, 4) is 5.75 Å². The van der Waals surface area contributed by atoms with Gasteiger partial charge in [-0.3, -0.25) is 4.90 Å². The van der Waals surface area contributed by atoms with E-state index in [1.165, 1.54) is 5.56 Å². The summed E-state index contributed by atoms with van der Waals surface area (Å²) in [4.78, 5) is 2.24. The van der Waals surface area contributed by atoms with Gasteiger partial charge in [-0.1, -0.05) is 48.5 Å². The molecule has 2 aromatic rings. The second kappa shape index (κ2) is 6.92. The maximum Gasteiger partial charge on any atom is 0.174 e. The molecule has 0 aromatic heterocycles. The van der Waals surface area contributed by atoms with Crippen LogP contribution in [0.4, 0.5) is 0 Å². The Hall–Kier alpha value is -1.88. The Kier molecular flexibility index (Phi) is 4.73. The predicted molar refractivity (Wildman–Crippen MR) is 84.5 cm³/mol. The van der Waals surface area contributed by atoms with E-state index in [2.05, 4.69) is 17.0 Å². The van der Waals surface area contributed by atoms with Crippen molar-refractivity contribution >= 4 is 0 Å². The fourth-order valence-electron chi connectivity index (χ4n) is 2.96. The van der Waals surface area contributed by atoms with Crippen LogP contribution in [-0.2, 0) is 11.3 Å². The monoisotopic (exact) mass is 299 g/mol. The molecule has 4 heteroatoms. The molecule has 4 nitrogen and oxygen atoms in total. The van der Waals surface area contributed by atoms with Crippen LogP contribution in [0.3, 0.4) is 0 Å². The lowest BCUT2D eigenvalue weighted by Crippen LogP contribution is -2.44. The highest BCUT2D eigenvalue weighted by molar-refractivity contribution is 5.36. The Labute approximate surface area is 130 Å². The maximum atomic E-state index is 10.4. The lowest BCUT2D eigenvalue weighted by Gasteiger charge is -2.39. The molecule has 0 spiro atoms. The second-order valence-electron chi connectivity index (χ2n) is 5.40. The van der Waals surface area contributed by atoms with Crippen molar-refractivity contribution in [2.24, 2.45) is 0 Å². The molecular formula is C18H21NO3. The summed E-state index contributed by atoms with van der Waals surface area (Å²) in [6.07, 6.45) is -0.853. The van der Waals surface area contributed by atoms with E-state index in [1.807, 2.05) is 42.5 Å². The van der Waals surface area contributed by atoms with Gasteiger partial charge in [0.2, 0.25) is 0 Å². The average Bonchev–Trinajstić information content (AvgIpc) is 2.56. The molecule has 2 atom stereocenters. The fourth-order valence-corrected chi connectivity index (χ4v) is 2.96. The maximum absolute atomic E-state index is 10.4. The zero-order valence-electron chi connectivity index (χ0n) is 12.7. The molecular weight excluding hydrogens is 278 g/mol. The molecule has 1 aliphatic rings. The van der Waals surface area contributed by atoms with Gasteiger partial charge >= 0.3 is 0 Å². The number of hydrogen-bond donors (Lipinski definition) is 1. The topological polar surface area (TPSA) is 41.9 Å². The third kappa shape index (κ3) is 3.14. The van der Waals surface area contributed by atoms with Crippen molar-refractivity contribution in [2.75, 3.05) is 20.3 Å². The molecule has 2 unspecified atom stereocenters. The number of methoxy groups -OCH3 is 1. The summed E-state index contributed by atoms with van der Waals surface area (Å²) >= 11 is 0. The quantitative estimate of drug-likeness (QED) is 0.942. The van der Waals surface area contributed by atoms with Crippen molar-refractivity contribution in [1.29, 1.82) is 0 Å². The lowest BCUT2D eigenvalue weighted by atomic mass is 10.0. The Morgan fingerprint density at radius 3 is 2.64 bits per heavy atom. The van der Waals surface area contributed by atoms with Crippen LogP contribution >= 0.6 is 0 Å². The Bertz CT molecular complexity index is 602. The smallest absolute Gasteiger partial charge is 0.174 e. The standard InChI is InChI=1S/C18H21NO3/c1-21-16-10-6-5-9-15(16)17-18(20)22-12-11-19(17)13-14-7-3-2-4-8-14/h2-10,17-18,20H,11-13H2,1H3. The normalized spacial score (nSPS) is 22.5. The predicted octanol–water partition coefficient (Wildman–Crippen LogP) is 2.59. The number of rotatable bonds is 4. The summed E-state index contributed by atoms with van der Waals surface area (Å²) in [5.41, 5.74) is 2.17. The number of benzene rings is 2. The highest BCUT2D eigenvalue weighted by Gasteiger charge is 2.34. The molecule has 1 saturated heterocycles. The molecule has 2 aromatic carbocycles. The van der Waals surface area contributed by atoms with Gasteiger partial charge in [0.25, 0.3) is 0 Å². The van der Waals surface area contributed by atoms with Crippen molar-refractivity contribution in [1.82, 2.24) is 4.90 Å². The van der Waals surface area contributed by atoms with Gasteiger partial charge in [0.15, 0.2) is 6.29 Å². The van der Waals surface area contributed by atoms with Gasteiger partial charge in [-0.15, -0.1) is 0 Å². The third-order valence-corrected chi connectivity index (χ3v) is 4.02. The zero-order chi connectivity index (χ0) is 15.4. The van der Waals surface area contributed by atoms with Crippen molar-refractivity contribution in [3.05, 3.63) is 65.7 Å². The number of aliphatic hydroxyl groups excluding tert-OH is 1. The average molecular weight is 299 g/mol. The molecule has 116 valence electrons. The summed E-state index contributed by atoms with van der Waals surface area (Å²) in [6, 6.07) is 17.8. The number of ether oxygens (including phenoxy) is 2. The SMILES string of the molecule is COc1ccccc1C1C(O)OCCN1Cc1ccccc1. The van der Waals surface area contributed by atoms with E-state index in [0.29, 0.717) is 6.61 Å². The van der Waals surface area contributed by atoms with Gasteiger partial charge in [0.1, 0.15) is 5.75 Å². The van der Waals surface area contributed by atoms with E-state index in [1.54, 1.807) is 7.11 Å². The van der Waals surface area contributed by atoms with Crippen LogP contribution in [0.25, 0.3) is 0 Å². The molecule has 1 aliphatic heterocycles. The zero-order valence-corrected chi connectivity index (χ0v) is 12.7. The van der Waals surface area contributed by atoms with Crippen molar-refractivity contribution in [2.45, 2.75) is 18.9 Å². The van der Waals surface area contributed by atoms with Crippen molar-refractivity contribution in [3.63, 3.8) is 0 Å². The molecule has 1 N–H and O–H groups in total.